The highest BCUT2D eigenvalue weighted by Crippen LogP contribution is 2.22. The molecule has 1 aliphatic rings. The fourth-order valence-electron chi connectivity index (χ4n) is 2.84. The van der Waals surface area contributed by atoms with E-state index >= 15 is 0 Å². The maximum Gasteiger partial charge on any atom is 0.409 e. The van der Waals surface area contributed by atoms with Crippen molar-refractivity contribution in [1.29, 1.82) is 0 Å². The van der Waals surface area contributed by atoms with Gasteiger partial charge < -0.3 is 19.7 Å². The number of halogens is 1. The van der Waals surface area contributed by atoms with Gasteiger partial charge in [0.05, 0.1) is 25.9 Å². The molecule has 0 bridgehead atoms. The second-order valence-corrected chi connectivity index (χ2v) is 6.08. The smallest absolute Gasteiger partial charge is 0.409 e. The number of rotatable bonds is 7. The molecule has 2 amide bonds. The van der Waals surface area contributed by atoms with E-state index in [0.717, 1.165) is 5.56 Å². The number of likely N-dealkylation sites (N-methyl/N-ethyl adjacent to an activating group) is 1. The van der Waals surface area contributed by atoms with Crippen molar-refractivity contribution in [1.82, 2.24) is 15.1 Å². The molecular formula is C18H26FN3O4. The second kappa shape index (κ2) is 10.1. The first-order valence-electron chi connectivity index (χ1n) is 8.73. The number of amides is 2. The molecule has 1 aliphatic heterocycles. The van der Waals surface area contributed by atoms with Crippen LogP contribution in [0.1, 0.15) is 18.5 Å². The third-order valence-electron chi connectivity index (χ3n) is 4.17. The number of carbonyl (C=O) groups excluding carboxylic acids is 2. The van der Waals surface area contributed by atoms with Crippen LogP contribution in [0.15, 0.2) is 24.3 Å². The fourth-order valence-corrected chi connectivity index (χ4v) is 2.84. The van der Waals surface area contributed by atoms with Crippen molar-refractivity contribution < 1.29 is 23.5 Å². The average Bonchev–Trinajstić information content (AvgIpc) is 2.63. The topological polar surface area (TPSA) is 71.1 Å². The van der Waals surface area contributed by atoms with Gasteiger partial charge in [-0.25, -0.2) is 9.18 Å². The molecule has 0 saturated carbocycles. The van der Waals surface area contributed by atoms with Crippen LogP contribution >= 0.6 is 0 Å². The minimum absolute atomic E-state index is 0.0994. The monoisotopic (exact) mass is 367 g/mol. The lowest BCUT2D eigenvalue weighted by Gasteiger charge is -2.35. The van der Waals surface area contributed by atoms with Gasteiger partial charge in [0.1, 0.15) is 12.4 Å². The van der Waals surface area contributed by atoms with Crippen LogP contribution in [0, 0.1) is 5.82 Å². The van der Waals surface area contributed by atoms with Crippen molar-refractivity contribution in [2.24, 2.45) is 0 Å². The Morgan fingerprint density at radius 2 is 2.12 bits per heavy atom. The largest absolute Gasteiger partial charge is 0.450 e. The van der Waals surface area contributed by atoms with E-state index in [4.69, 9.17) is 9.47 Å². The molecule has 0 radical (unpaired) electrons. The standard InChI is InChI=1S/C18H26FN3O4/c1-3-26-18(24)21(2)13-17(23)20-12-16(22-7-9-25-10-8-22)14-5-4-6-15(19)11-14/h4-6,11,16H,3,7-10,12-13H2,1-2H3,(H,20,23)/t16-/m1/s1. The average molecular weight is 367 g/mol. The SMILES string of the molecule is CCOC(=O)N(C)CC(=O)NC[C@H](c1cccc(F)c1)N1CCOCC1. The van der Waals surface area contributed by atoms with Gasteiger partial charge in [-0.1, -0.05) is 12.1 Å². The summed E-state index contributed by atoms with van der Waals surface area (Å²) in [7, 11) is 1.50. The molecule has 1 atom stereocenters. The van der Waals surface area contributed by atoms with Gasteiger partial charge in [0.25, 0.3) is 0 Å². The molecule has 0 spiro atoms. The number of benzene rings is 1. The van der Waals surface area contributed by atoms with Gasteiger partial charge >= 0.3 is 6.09 Å². The summed E-state index contributed by atoms with van der Waals surface area (Å²) in [6, 6.07) is 6.23. The Labute approximate surface area is 153 Å². The lowest BCUT2D eigenvalue weighted by atomic mass is 10.0. The number of ether oxygens (including phenoxy) is 2. The van der Waals surface area contributed by atoms with E-state index < -0.39 is 6.09 Å². The van der Waals surface area contributed by atoms with Crippen LogP contribution in [0.4, 0.5) is 9.18 Å². The second-order valence-electron chi connectivity index (χ2n) is 6.08. The molecular weight excluding hydrogens is 341 g/mol. The molecule has 1 fully saturated rings. The van der Waals surface area contributed by atoms with Crippen LogP contribution < -0.4 is 5.32 Å². The van der Waals surface area contributed by atoms with Gasteiger partial charge in [-0.05, 0) is 24.6 Å². The first kappa shape index (κ1) is 20.1. The van der Waals surface area contributed by atoms with Gasteiger partial charge in [0.15, 0.2) is 0 Å². The van der Waals surface area contributed by atoms with Gasteiger partial charge in [0.2, 0.25) is 5.91 Å². The maximum absolute atomic E-state index is 13.6. The van der Waals surface area contributed by atoms with Crippen LogP contribution in [0.5, 0.6) is 0 Å². The van der Waals surface area contributed by atoms with Gasteiger partial charge in [-0.3, -0.25) is 9.69 Å². The normalized spacial score (nSPS) is 16.0. The molecule has 2 rings (SSSR count). The lowest BCUT2D eigenvalue weighted by molar-refractivity contribution is -0.122. The summed E-state index contributed by atoms with van der Waals surface area (Å²) in [6.07, 6.45) is -0.544. The number of hydrogen-bond donors (Lipinski definition) is 1. The summed E-state index contributed by atoms with van der Waals surface area (Å²) < 4.78 is 23.9. The molecule has 1 N–H and O–H groups in total. The molecule has 144 valence electrons. The molecule has 1 saturated heterocycles. The first-order valence-corrected chi connectivity index (χ1v) is 8.73. The van der Waals surface area contributed by atoms with Crippen molar-refractivity contribution >= 4 is 12.0 Å². The highest BCUT2D eigenvalue weighted by molar-refractivity contribution is 5.82. The molecule has 26 heavy (non-hydrogen) atoms. The van der Waals surface area contributed by atoms with Crippen LogP contribution in [-0.2, 0) is 14.3 Å². The van der Waals surface area contributed by atoms with Crippen molar-refractivity contribution in [3.05, 3.63) is 35.6 Å². The molecule has 7 nitrogen and oxygen atoms in total. The van der Waals surface area contributed by atoms with E-state index in [-0.39, 0.29) is 30.9 Å². The summed E-state index contributed by atoms with van der Waals surface area (Å²) in [5, 5.41) is 2.83. The van der Waals surface area contributed by atoms with Crippen LogP contribution in [-0.4, -0.2) is 74.8 Å². The van der Waals surface area contributed by atoms with Crippen LogP contribution in [0.2, 0.25) is 0 Å². The summed E-state index contributed by atoms with van der Waals surface area (Å²) >= 11 is 0. The van der Waals surface area contributed by atoms with Gasteiger partial charge in [-0.2, -0.15) is 0 Å². The zero-order chi connectivity index (χ0) is 18.9. The van der Waals surface area contributed by atoms with Gasteiger partial charge in [-0.15, -0.1) is 0 Å². The molecule has 1 heterocycles. The van der Waals surface area contributed by atoms with Crippen molar-refractivity contribution in [3.63, 3.8) is 0 Å². The highest BCUT2D eigenvalue weighted by atomic mass is 19.1. The minimum Gasteiger partial charge on any atom is -0.450 e. The Balaban J connectivity index is 1.98. The Bertz CT molecular complexity index is 608. The van der Waals surface area contributed by atoms with E-state index in [9.17, 15) is 14.0 Å². The van der Waals surface area contributed by atoms with E-state index in [1.807, 2.05) is 6.07 Å². The van der Waals surface area contributed by atoms with Crippen molar-refractivity contribution in [2.45, 2.75) is 13.0 Å². The quantitative estimate of drug-likeness (QED) is 0.789. The Morgan fingerprint density at radius 3 is 2.77 bits per heavy atom. The number of hydrogen-bond acceptors (Lipinski definition) is 5. The minimum atomic E-state index is -0.544. The van der Waals surface area contributed by atoms with Crippen molar-refractivity contribution in [3.8, 4) is 0 Å². The molecule has 0 aromatic heterocycles. The zero-order valence-corrected chi connectivity index (χ0v) is 15.2. The zero-order valence-electron chi connectivity index (χ0n) is 15.2. The lowest BCUT2D eigenvalue weighted by Crippen LogP contribution is -2.45. The fraction of sp³-hybridized carbons (Fsp3) is 0.556. The number of nitrogens with one attached hydrogen (secondary N) is 1. The van der Waals surface area contributed by atoms with Crippen LogP contribution in [0.25, 0.3) is 0 Å². The summed E-state index contributed by atoms with van der Waals surface area (Å²) in [5.74, 6) is -0.607. The molecule has 8 heteroatoms. The Morgan fingerprint density at radius 1 is 1.38 bits per heavy atom. The van der Waals surface area contributed by atoms with E-state index in [2.05, 4.69) is 10.2 Å². The molecule has 0 aliphatic carbocycles. The first-order chi connectivity index (χ1) is 12.5. The Kier molecular flexibility index (Phi) is 7.80. The summed E-state index contributed by atoms with van der Waals surface area (Å²) in [4.78, 5) is 27.1. The predicted molar refractivity (Wildman–Crippen MR) is 94.2 cm³/mol. The Hall–Kier alpha value is -2.19. The number of nitrogens with zero attached hydrogens (tertiary/aromatic N) is 2. The molecule has 0 unspecified atom stereocenters. The van der Waals surface area contributed by atoms with Crippen molar-refractivity contribution in [2.75, 3.05) is 53.0 Å². The van der Waals surface area contributed by atoms with Crippen LogP contribution in [0.3, 0.4) is 0 Å². The molecule has 1 aromatic carbocycles. The predicted octanol–water partition coefficient (Wildman–Crippen LogP) is 1.40. The third-order valence-corrected chi connectivity index (χ3v) is 4.17. The summed E-state index contributed by atoms with van der Waals surface area (Å²) in [5.41, 5.74) is 0.797. The summed E-state index contributed by atoms with van der Waals surface area (Å²) in [6.45, 7) is 4.80. The number of carbonyl (C=O) groups is 2. The van der Waals surface area contributed by atoms with E-state index in [1.165, 1.54) is 24.1 Å². The maximum atomic E-state index is 13.6. The van der Waals surface area contributed by atoms with E-state index in [1.54, 1.807) is 13.0 Å². The number of morpholine rings is 1. The van der Waals surface area contributed by atoms with E-state index in [0.29, 0.717) is 32.8 Å². The highest BCUT2D eigenvalue weighted by Gasteiger charge is 2.24. The molecule has 1 aromatic rings. The van der Waals surface area contributed by atoms with Gasteiger partial charge in [0, 0.05) is 26.7 Å². The third kappa shape index (κ3) is 5.96.